The van der Waals surface area contributed by atoms with Crippen molar-refractivity contribution in [3.63, 3.8) is 0 Å². The molecule has 0 aliphatic carbocycles. The number of nitrogens with zero attached hydrogens (tertiary/aromatic N) is 1. The van der Waals surface area contributed by atoms with Crippen LogP contribution in [-0.4, -0.2) is 45.6 Å². The maximum Gasteiger partial charge on any atom is 0.283 e. The van der Waals surface area contributed by atoms with E-state index in [9.17, 15) is 0 Å². The minimum atomic E-state index is -1.28. The van der Waals surface area contributed by atoms with Gasteiger partial charge in [-0.25, -0.2) is 0 Å². The van der Waals surface area contributed by atoms with Crippen molar-refractivity contribution in [2.45, 2.75) is 19.1 Å². The molecule has 0 bridgehead atoms. The molecule has 86 valence electrons. The second-order valence-electron chi connectivity index (χ2n) is 5.44. The molecule has 0 atom stereocenters. The van der Waals surface area contributed by atoms with Gasteiger partial charge in [0.05, 0.1) is 20.1 Å². The van der Waals surface area contributed by atoms with E-state index in [-0.39, 0.29) is 0 Å². The summed E-state index contributed by atoms with van der Waals surface area (Å²) in [7, 11) is 1.14. The van der Waals surface area contributed by atoms with Crippen LogP contribution >= 0.6 is 0 Å². The van der Waals surface area contributed by atoms with Crippen LogP contribution in [-0.2, 0) is 0 Å². The molecule has 0 spiro atoms. The van der Waals surface area contributed by atoms with Crippen LogP contribution in [0.15, 0.2) is 24.8 Å². The third kappa shape index (κ3) is 2.80. The lowest BCUT2D eigenvalue weighted by Crippen LogP contribution is -2.68. The highest BCUT2D eigenvalue weighted by Crippen LogP contribution is 2.26. The molecular weight excluding hydrogens is 200 g/mol. The number of likely N-dealkylation sites (N-methyl/N-ethyl adjacent to an activating group) is 1. The fourth-order valence-corrected chi connectivity index (χ4v) is 5.38. The molecule has 0 aromatic heterocycles. The monoisotopic (exact) mass is 225 g/mol. The topological polar surface area (TPSA) is 12.0 Å². The van der Waals surface area contributed by atoms with Crippen LogP contribution in [0, 0.1) is 0 Å². The van der Waals surface area contributed by atoms with Crippen LogP contribution in [0.2, 0.25) is 19.1 Å². The summed E-state index contributed by atoms with van der Waals surface area (Å²) in [6.07, 6.45) is 1.92. The van der Waals surface area contributed by atoms with Crippen molar-refractivity contribution in [2.75, 3.05) is 33.2 Å². The summed E-state index contributed by atoms with van der Waals surface area (Å²) in [6.45, 7) is 17.7. The SMILES string of the molecule is C=CC(=C)C[Si](C)(C)[N+]1(C)CCNCC1. The first-order valence-electron chi connectivity index (χ1n) is 5.77. The lowest BCUT2D eigenvalue weighted by Gasteiger charge is -2.49. The van der Waals surface area contributed by atoms with Gasteiger partial charge >= 0.3 is 0 Å². The number of piperazine rings is 1. The molecule has 3 heteroatoms. The van der Waals surface area contributed by atoms with Gasteiger partial charge in [0.2, 0.25) is 0 Å². The van der Waals surface area contributed by atoms with Crippen molar-refractivity contribution in [2.24, 2.45) is 0 Å². The van der Waals surface area contributed by atoms with Crippen molar-refractivity contribution in [1.29, 1.82) is 0 Å². The molecule has 0 saturated carbocycles. The lowest BCUT2D eigenvalue weighted by molar-refractivity contribution is -0.815. The van der Waals surface area contributed by atoms with E-state index in [0.717, 1.165) is 13.1 Å². The Morgan fingerprint density at radius 3 is 2.40 bits per heavy atom. The van der Waals surface area contributed by atoms with Crippen LogP contribution in [0.5, 0.6) is 0 Å². The number of rotatable bonds is 4. The van der Waals surface area contributed by atoms with Crippen LogP contribution in [0.4, 0.5) is 0 Å². The van der Waals surface area contributed by atoms with Gasteiger partial charge < -0.3 is 9.47 Å². The number of quaternary nitrogens is 1. The van der Waals surface area contributed by atoms with Crippen molar-refractivity contribution < 1.29 is 4.15 Å². The van der Waals surface area contributed by atoms with Crippen LogP contribution in [0.25, 0.3) is 0 Å². The van der Waals surface area contributed by atoms with Gasteiger partial charge in [-0.3, -0.25) is 0 Å². The Morgan fingerprint density at radius 2 is 1.93 bits per heavy atom. The molecule has 2 nitrogen and oxygen atoms in total. The highest BCUT2D eigenvalue weighted by molar-refractivity contribution is 6.71. The molecule has 0 amide bonds. The van der Waals surface area contributed by atoms with Gasteiger partial charge in [-0.15, -0.1) is 0 Å². The van der Waals surface area contributed by atoms with Gasteiger partial charge in [0.15, 0.2) is 0 Å². The molecule has 1 aliphatic heterocycles. The Hall–Kier alpha value is -0.383. The molecule has 1 saturated heterocycles. The quantitative estimate of drug-likeness (QED) is 0.570. The average molecular weight is 225 g/mol. The molecule has 1 aliphatic rings. The summed E-state index contributed by atoms with van der Waals surface area (Å²) in [6, 6.07) is 1.17. The van der Waals surface area contributed by atoms with Gasteiger partial charge in [0.25, 0.3) is 8.24 Å². The number of hydrogen-bond donors (Lipinski definition) is 1. The van der Waals surface area contributed by atoms with E-state index in [1.807, 2.05) is 6.08 Å². The third-order valence-corrected chi connectivity index (χ3v) is 8.66. The molecule has 1 fully saturated rings. The van der Waals surface area contributed by atoms with E-state index in [0.29, 0.717) is 0 Å². The molecule has 15 heavy (non-hydrogen) atoms. The zero-order valence-electron chi connectivity index (χ0n) is 10.5. The Morgan fingerprint density at radius 1 is 1.40 bits per heavy atom. The second kappa shape index (κ2) is 4.64. The molecule has 0 aromatic rings. The van der Waals surface area contributed by atoms with E-state index in [1.165, 1.54) is 28.9 Å². The van der Waals surface area contributed by atoms with Crippen molar-refractivity contribution in [3.05, 3.63) is 24.8 Å². The summed E-state index contributed by atoms with van der Waals surface area (Å²) in [5.74, 6) is 0. The van der Waals surface area contributed by atoms with Crippen molar-refractivity contribution >= 4 is 8.24 Å². The van der Waals surface area contributed by atoms with E-state index in [2.05, 4.69) is 38.6 Å². The van der Waals surface area contributed by atoms with E-state index in [4.69, 9.17) is 0 Å². The molecule has 0 unspecified atom stereocenters. The minimum Gasteiger partial charge on any atom is -0.384 e. The molecule has 1 heterocycles. The summed E-state index contributed by atoms with van der Waals surface area (Å²) in [5.41, 5.74) is 1.21. The Bertz CT molecular complexity index is 252. The Labute approximate surface area is 95.3 Å². The largest absolute Gasteiger partial charge is 0.384 e. The molecule has 0 aromatic carbocycles. The van der Waals surface area contributed by atoms with Gasteiger partial charge in [0, 0.05) is 19.1 Å². The fraction of sp³-hybridized carbons (Fsp3) is 0.667. The van der Waals surface area contributed by atoms with Crippen LogP contribution in [0.3, 0.4) is 0 Å². The normalized spacial score (nSPS) is 21.0. The summed E-state index contributed by atoms with van der Waals surface area (Å²) in [4.78, 5) is 0. The molecule has 1 rings (SSSR count). The van der Waals surface area contributed by atoms with E-state index >= 15 is 0 Å². The lowest BCUT2D eigenvalue weighted by atomic mass is 10.3. The highest BCUT2D eigenvalue weighted by atomic mass is 28.3. The number of allylic oxidation sites excluding steroid dienone is 2. The molecule has 1 N–H and O–H groups in total. The Balaban J connectivity index is 2.73. The maximum atomic E-state index is 4.08. The molecule has 0 radical (unpaired) electrons. The van der Waals surface area contributed by atoms with Crippen LogP contribution < -0.4 is 5.32 Å². The number of hydrogen-bond acceptors (Lipinski definition) is 1. The fourth-order valence-electron chi connectivity index (χ4n) is 2.31. The van der Waals surface area contributed by atoms with E-state index < -0.39 is 8.24 Å². The van der Waals surface area contributed by atoms with Crippen LogP contribution in [0.1, 0.15) is 0 Å². The van der Waals surface area contributed by atoms with Crippen molar-refractivity contribution in [3.8, 4) is 0 Å². The second-order valence-corrected chi connectivity index (χ2v) is 10.5. The predicted molar refractivity (Wildman–Crippen MR) is 70.4 cm³/mol. The first-order chi connectivity index (χ1) is 6.91. The summed E-state index contributed by atoms with van der Waals surface area (Å²) >= 11 is 0. The Kier molecular flexibility index (Phi) is 3.92. The first kappa shape index (κ1) is 12.7. The smallest absolute Gasteiger partial charge is 0.283 e. The first-order valence-corrected chi connectivity index (χ1v) is 8.92. The van der Waals surface area contributed by atoms with Gasteiger partial charge in [-0.2, -0.15) is 0 Å². The predicted octanol–water partition coefficient (Wildman–Crippen LogP) is 1.98. The van der Waals surface area contributed by atoms with Gasteiger partial charge in [-0.1, -0.05) is 24.8 Å². The summed E-state index contributed by atoms with van der Waals surface area (Å²) < 4.78 is 1.27. The number of nitrogens with one attached hydrogen (secondary N) is 1. The maximum absolute atomic E-state index is 4.08. The van der Waals surface area contributed by atoms with E-state index in [1.54, 1.807) is 0 Å². The average Bonchev–Trinajstić information content (AvgIpc) is 2.18. The zero-order chi connectivity index (χ0) is 11.5. The van der Waals surface area contributed by atoms with Gasteiger partial charge in [0.1, 0.15) is 0 Å². The zero-order valence-corrected chi connectivity index (χ0v) is 11.5. The minimum absolute atomic E-state index is 1.16. The van der Waals surface area contributed by atoms with Gasteiger partial charge in [-0.05, 0) is 13.1 Å². The summed E-state index contributed by atoms with van der Waals surface area (Å²) in [5, 5.41) is 3.44. The highest BCUT2D eigenvalue weighted by Gasteiger charge is 2.44. The third-order valence-electron chi connectivity index (χ3n) is 3.97. The molecular formula is C12H25N2Si+. The standard InChI is InChI=1S/C12H25N2Si/c1-6-12(2)11-15(4,5)14(3)9-7-13-8-10-14/h6,13H,1-2,7-11H2,3-5H3/q+1. The van der Waals surface area contributed by atoms with Crippen molar-refractivity contribution in [1.82, 2.24) is 5.32 Å².